The van der Waals surface area contributed by atoms with Crippen molar-refractivity contribution in [3.63, 3.8) is 0 Å². The van der Waals surface area contributed by atoms with Gasteiger partial charge in [0.15, 0.2) is 0 Å². The minimum absolute atomic E-state index is 0.0597. The molecule has 0 radical (unpaired) electrons. The normalized spacial score (nSPS) is 19.1. The van der Waals surface area contributed by atoms with Crippen LogP contribution >= 0.6 is 0 Å². The Hall–Kier alpha value is -1.95. The van der Waals surface area contributed by atoms with Crippen LogP contribution in [0, 0.1) is 0 Å². The number of nitrogen functional groups attached to an aromatic ring is 1. The maximum Gasteiger partial charge on any atom is 0.244 e. The van der Waals surface area contributed by atoms with Gasteiger partial charge < -0.3 is 25.4 Å². The first-order chi connectivity index (χ1) is 9.17. The van der Waals surface area contributed by atoms with Crippen LogP contribution in [0.1, 0.15) is 0 Å². The zero-order valence-electron chi connectivity index (χ0n) is 11.2. The van der Waals surface area contributed by atoms with Crippen LogP contribution < -0.4 is 20.7 Å². The van der Waals surface area contributed by atoms with E-state index >= 15 is 0 Å². The van der Waals surface area contributed by atoms with E-state index < -0.39 is 0 Å². The molecule has 1 heterocycles. The lowest BCUT2D eigenvalue weighted by molar-refractivity contribution is -0.124. The van der Waals surface area contributed by atoms with Gasteiger partial charge in [-0.15, -0.1) is 0 Å². The lowest BCUT2D eigenvalue weighted by atomic mass is 10.1. The van der Waals surface area contributed by atoms with E-state index in [1.165, 1.54) is 0 Å². The van der Waals surface area contributed by atoms with Gasteiger partial charge in [0, 0.05) is 25.3 Å². The number of hydrogen-bond acceptors (Lipinski definition) is 5. The number of methoxy groups -OCH3 is 1. The minimum atomic E-state index is -0.327. The molecule has 1 aromatic carbocycles. The number of nitrogens with one attached hydrogen (secondary N) is 1. The van der Waals surface area contributed by atoms with Crippen LogP contribution in [0.25, 0.3) is 0 Å². The summed E-state index contributed by atoms with van der Waals surface area (Å²) in [5.74, 6) is 0.551. The van der Waals surface area contributed by atoms with Crippen molar-refractivity contribution in [1.29, 1.82) is 0 Å². The first kappa shape index (κ1) is 13.5. The monoisotopic (exact) mass is 265 g/mol. The first-order valence-corrected chi connectivity index (χ1v) is 6.17. The van der Waals surface area contributed by atoms with Gasteiger partial charge in [-0.3, -0.25) is 4.79 Å². The Balaban J connectivity index is 2.29. The van der Waals surface area contributed by atoms with Crippen LogP contribution in [0.15, 0.2) is 18.2 Å². The molecule has 1 saturated heterocycles. The molecule has 19 heavy (non-hydrogen) atoms. The van der Waals surface area contributed by atoms with E-state index in [1.807, 2.05) is 17.0 Å². The zero-order valence-corrected chi connectivity index (χ0v) is 11.2. The number of amides is 1. The van der Waals surface area contributed by atoms with Crippen molar-refractivity contribution in [2.24, 2.45) is 0 Å². The molecule has 1 amide bonds. The maximum absolute atomic E-state index is 11.9. The van der Waals surface area contributed by atoms with Crippen molar-refractivity contribution in [3.05, 3.63) is 18.2 Å². The van der Waals surface area contributed by atoms with Crippen molar-refractivity contribution in [3.8, 4) is 5.75 Å². The number of nitrogens with two attached hydrogens (primary N) is 1. The third kappa shape index (κ3) is 2.73. The molecule has 1 aromatic rings. The second-order valence-corrected chi connectivity index (χ2v) is 4.32. The quantitative estimate of drug-likeness (QED) is 0.765. The summed E-state index contributed by atoms with van der Waals surface area (Å²) in [6, 6.07) is 5.19. The Morgan fingerprint density at radius 3 is 3.05 bits per heavy atom. The van der Waals surface area contributed by atoms with Crippen molar-refractivity contribution < 1.29 is 14.3 Å². The summed E-state index contributed by atoms with van der Waals surface area (Å²) in [7, 11) is 3.20. The molecule has 6 heteroatoms. The highest BCUT2D eigenvalue weighted by atomic mass is 16.5. The van der Waals surface area contributed by atoms with Crippen molar-refractivity contribution in [1.82, 2.24) is 5.32 Å². The van der Waals surface area contributed by atoms with Crippen molar-refractivity contribution >= 4 is 17.3 Å². The summed E-state index contributed by atoms with van der Waals surface area (Å²) in [5.41, 5.74) is 7.29. The Morgan fingerprint density at radius 2 is 2.37 bits per heavy atom. The van der Waals surface area contributed by atoms with E-state index in [9.17, 15) is 4.79 Å². The fraction of sp³-hybridized carbons (Fsp3) is 0.462. The van der Waals surface area contributed by atoms with Gasteiger partial charge in [0.05, 0.1) is 26.0 Å². The number of benzene rings is 1. The molecule has 0 spiro atoms. The number of anilines is 2. The smallest absolute Gasteiger partial charge is 0.244 e. The van der Waals surface area contributed by atoms with Crippen LogP contribution in [0.3, 0.4) is 0 Å². The number of nitrogens with zero attached hydrogens (tertiary/aromatic N) is 1. The van der Waals surface area contributed by atoms with Crippen LogP contribution in [0.2, 0.25) is 0 Å². The van der Waals surface area contributed by atoms with Crippen LogP contribution in [0.5, 0.6) is 5.75 Å². The fourth-order valence-corrected chi connectivity index (χ4v) is 2.18. The Bertz CT molecular complexity index is 464. The van der Waals surface area contributed by atoms with E-state index in [1.54, 1.807) is 20.2 Å². The van der Waals surface area contributed by atoms with Gasteiger partial charge in [0.1, 0.15) is 11.8 Å². The molecule has 1 aliphatic heterocycles. The molecular formula is C13H19N3O3. The summed E-state index contributed by atoms with van der Waals surface area (Å²) >= 11 is 0. The molecule has 1 aliphatic rings. The number of rotatable bonds is 3. The lowest BCUT2D eigenvalue weighted by Crippen LogP contribution is -2.53. The molecule has 1 fully saturated rings. The molecule has 6 nitrogen and oxygen atoms in total. The fourth-order valence-electron chi connectivity index (χ4n) is 2.18. The predicted octanol–water partition coefficient (Wildman–Crippen LogP) is 0.229. The largest absolute Gasteiger partial charge is 0.495 e. The summed E-state index contributed by atoms with van der Waals surface area (Å²) in [6.07, 6.45) is 0. The first-order valence-electron chi connectivity index (χ1n) is 6.17. The number of likely N-dealkylation sites (N-methyl/N-ethyl adjacent to an activating group) is 1. The summed E-state index contributed by atoms with van der Waals surface area (Å²) in [4.78, 5) is 13.9. The second kappa shape index (κ2) is 5.79. The standard InChI is InChI=1S/C13H19N3O3/c1-15-13(17)11-8-19-6-5-16(11)9-3-4-10(14)12(7-9)18-2/h3-4,7,11H,5-6,8,14H2,1-2H3,(H,15,17). The SMILES string of the molecule is CNC(=O)C1COCCN1c1ccc(N)c(OC)c1. The topological polar surface area (TPSA) is 76.8 Å². The molecule has 2 rings (SSSR count). The lowest BCUT2D eigenvalue weighted by Gasteiger charge is -2.36. The molecule has 0 saturated carbocycles. The van der Waals surface area contributed by atoms with Crippen molar-refractivity contribution in [2.75, 3.05) is 44.5 Å². The minimum Gasteiger partial charge on any atom is -0.495 e. The van der Waals surface area contributed by atoms with Gasteiger partial charge in [0.2, 0.25) is 5.91 Å². The number of carbonyl (C=O) groups excluding carboxylic acids is 1. The molecule has 0 aromatic heterocycles. The van der Waals surface area contributed by atoms with Gasteiger partial charge in [0.25, 0.3) is 0 Å². The molecule has 0 aliphatic carbocycles. The van der Waals surface area contributed by atoms with E-state index in [0.29, 0.717) is 31.2 Å². The molecule has 3 N–H and O–H groups in total. The van der Waals surface area contributed by atoms with E-state index in [2.05, 4.69) is 5.32 Å². The van der Waals surface area contributed by atoms with Gasteiger partial charge in [-0.05, 0) is 12.1 Å². The third-order valence-corrected chi connectivity index (χ3v) is 3.23. The highest BCUT2D eigenvalue weighted by Gasteiger charge is 2.29. The Labute approximate surface area is 112 Å². The van der Waals surface area contributed by atoms with Crippen LogP contribution in [0.4, 0.5) is 11.4 Å². The third-order valence-electron chi connectivity index (χ3n) is 3.23. The summed E-state index contributed by atoms with van der Waals surface area (Å²) < 4.78 is 10.6. The zero-order chi connectivity index (χ0) is 13.8. The second-order valence-electron chi connectivity index (χ2n) is 4.32. The van der Waals surface area contributed by atoms with Gasteiger partial charge in [-0.25, -0.2) is 0 Å². The van der Waals surface area contributed by atoms with Gasteiger partial charge in [-0.2, -0.15) is 0 Å². The van der Waals surface area contributed by atoms with E-state index in [-0.39, 0.29) is 11.9 Å². The highest BCUT2D eigenvalue weighted by Crippen LogP contribution is 2.29. The maximum atomic E-state index is 11.9. The average Bonchev–Trinajstić information content (AvgIpc) is 2.47. The molecule has 1 unspecified atom stereocenters. The van der Waals surface area contributed by atoms with E-state index in [4.69, 9.17) is 15.2 Å². The number of ether oxygens (including phenoxy) is 2. The van der Waals surface area contributed by atoms with E-state index in [0.717, 1.165) is 5.69 Å². The van der Waals surface area contributed by atoms with Gasteiger partial charge >= 0.3 is 0 Å². The number of carbonyl (C=O) groups is 1. The number of hydrogen-bond donors (Lipinski definition) is 2. The average molecular weight is 265 g/mol. The molecule has 104 valence electrons. The van der Waals surface area contributed by atoms with Crippen LogP contribution in [-0.4, -0.2) is 45.9 Å². The van der Waals surface area contributed by atoms with Crippen molar-refractivity contribution in [2.45, 2.75) is 6.04 Å². The molecule has 1 atom stereocenters. The highest BCUT2D eigenvalue weighted by molar-refractivity contribution is 5.85. The van der Waals surface area contributed by atoms with Crippen LogP contribution in [-0.2, 0) is 9.53 Å². The predicted molar refractivity (Wildman–Crippen MR) is 73.4 cm³/mol. The Morgan fingerprint density at radius 1 is 1.58 bits per heavy atom. The summed E-state index contributed by atoms with van der Waals surface area (Å²) in [6.45, 7) is 1.64. The molecular weight excluding hydrogens is 246 g/mol. The number of morpholine rings is 1. The Kier molecular flexibility index (Phi) is 4.11. The van der Waals surface area contributed by atoms with Gasteiger partial charge in [-0.1, -0.05) is 0 Å². The molecule has 0 bridgehead atoms. The summed E-state index contributed by atoms with van der Waals surface area (Å²) in [5, 5.41) is 2.66.